The minimum atomic E-state index is -0.461. The zero-order chi connectivity index (χ0) is 17.0. The number of carbonyl (C=O) groups is 2. The standard InChI is InChI=1S/C21H21NO3/c23-19(22-9-10-25-20(22)24)21-8-7-17(12-21)18(13-21)16-6-5-14-3-1-2-4-15(14)11-16/h1-6,11,17-18H,7-10,12-13H2/t17-,18?,21-/m0/s1. The van der Waals surface area contributed by atoms with Crippen LogP contribution in [0.2, 0.25) is 0 Å². The van der Waals surface area contributed by atoms with Crippen LogP contribution in [0.25, 0.3) is 10.8 Å². The van der Waals surface area contributed by atoms with Gasteiger partial charge < -0.3 is 4.74 Å². The van der Waals surface area contributed by atoms with Crippen molar-refractivity contribution in [2.24, 2.45) is 11.3 Å². The molecule has 3 atom stereocenters. The van der Waals surface area contributed by atoms with Crippen molar-refractivity contribution in [2.45, 2.75) is 31.6 Å². The van der Waals surface area contributed by atoms with E-state index in [1.54, 1.807) is 0 Å². The van der Waals surface area contributed by atoms with Gasteiger partial charge in [0.2, 0.25) is 5.91 Å². The summed E-state index contributed by atoms with van der Waals surface area (Å²) in [5, 5.41) is 2.51. The lowest BCUT2D eigenvalue weighted by molar-refractivity contribution is -0.138. The van der Waals surface area contributed by atoms with E-state index in [0.717, 1.165) is 25.7 Å². The van der Waals surface area contributed by atoms with Crippen molar-refractivity contribution < 1.29 is 14.3 Å². The fourth-order valence-corrected chi connectivity index (χ4v) is 5.26. The predicted molar refractivity (Wildman–Crippen MR) is 94.1 cm³/mol. The van der Waals surface area contributed by atoms with E-state index < -0.39 is 6.09 Å². The number of hydrogen-bond acceptors (Lipinski definition) is 3. The molecule has 5 rings (SSSR count). The van der Waals surface area contributed by atoms with Crippen LogP contribution in [-0.4, -0.2) is 30.1 Å². The van der Waals surface area contributed by atoms with Crippen molar-refractivity contribution in [3.05, 3.63) is 48.0 Å². The molecule has 0 aromatic heterocycles. The molecule has 4 nitrogen and oxygen atoms in total. The average Bonchev–Trinajstić information content (AvgIpc) is 3.35. The highest BCUT2D eigenvalue weighted by Gasteiger charge is 2.57. The highest BCUT2D eigenvalue weighted by atomic mass is 16.6. The Morgan fingerprint density at radius 3 is 2.76 bits per heavy atom. The molecule has 128 valence electrons. The molecule has 0 spiro atoms. The summed E-state index contributed by atoms with van der Waals surface area (Å²) in [6.45, 7) is 0.739. The molecule has 2 aromatic carbocycles. The lowest BCUT2D eigenvalue weighted by atomic mass is 9.76. The average molecular weight is 335 g/mol. The fourth-order valence-electron chi connectivity index (χ4n) is 5.26. The summed E-state index contributed by atoms with van der Waals surface area (Å²) in [6.07, 6.45) is 3.29. The quantitative estimate of drug-likeness (QED) is 0.830. The third kappa shape index (κ3) is 2.20. The van der Waals surface area contributed by atoms with Gasteiger partial charge in [-0.3, -0.25) is 4.79 Å². The number of fused-ring (bicyclic) bond motifs is 3. The van der Waals surface area contributed by atoms with Gasteiger partial charge >= 0.3 is 6.09 Å². The van der Waals surface area contributed by atoms with Gasteiger partial charge in [-0.2, -0.15) is 0 Å². The van der Waals surface area contributed by atoms with Crippen LogP contribution in [0.1, 0.15) is 37.2 Å². The molecule has 2 aromatic rings. The molecular formula is C21H21NO3. The summed E-state index contributed by atoms with van der Waals surface area (Å²) in [5.41, 5.74) is 0.978. The molecule has 1 saturated heterocycles. The summed E-state index contributed by atoms with van der Waals surface area (Å²) < 4.78 is 4.98. The Balaban J connectivity index is 1.45. The SMILES string of the molecule is O=C1OCCN1C(=O)[C@@]12CC[C@@H](C1)C(c1ccc3ccccc3c1)C2. The number of hydrogen-bond donors (Lipinski definition) is 0. The van der Waals surface area contributed by atoms with Gasteiger partial charge in [-0.15, -0.1) is 0 Å². The Bertz CT molecular complexity index is 876. The Hall–Kier alpha value is -2.36. The Labute approximate surface area is 146 Å². The van der Waals surface area contributed by atoms with Crippen molar-refractivity contribution in [2.75, 3.05) is 13.2 Å². The highest BCUT2D eigenvalue weighted by molar-refractivity contribution is 5.96. The first-order chi connectivity index (χ1) is 12.2. The number of nitrogens with zero attached hydrogens (tertiary/aromatic N) is 1. The first-order valence-electron chi connectivity index (χ1n) is 9.14. The molecule has 4 heteroatoms. The van der Waals surface area contributed by atoms with Crippen LogP contribution in [0.3, 0.4) is 0 Å². The molecule has 1 aliphatic heterocycles. The molecule has 1 unspecified atom stereocenters. The monoisotopic (exact) mass is 335 g/mol. The molecule has 3 aliphatic rings. The van der Waals surface area contributed by atoms with E-state index in [4.69, 9.17) is 4.74 Å². The molecule has 2 amide bonds. The van der Waals surface area contributed by atoms with Crippen molar-refractivity contribution in [1.29, 1.82) is 0 Å². The topological polar surface area (TPSA) is 46.6 Å². The second-order valence-electron chi connectivity index (χ2n) is 7.77. The fraction of sp³-hybridized carbons (Fsp3) is 0.429. The maximum atomic E-state index is 13.1. The van der Waals surface area contributed by atoms with E-state index >= 15 is 0 Å². The van der Waals surface area contributed by atoms with Crippen LogP contribution in [0.4, 0.5) is 4.79 Å². The second kappa shape index (κ2) is 5.32. The molecule has 2 aliphatic carbocycles. The van der Waals surface area contributed by atoms with Crippen molar-refractivity contribution >= 4 is 22.8 Å². The first-order valence-corrected chi connectivity index (χ1v) is 9.14. The van der Waals surface area contributed by atoms with Gasteiger partial charge in [0, 0.05) is 0 Å². The Morgan fingerprint density at radius 1 is 1.12 bits per heavy atom. The molecule has 2 bridgehead atoms. The van der Waals surface area contributed by atoms with Gasteiger partial charge in [-0.1, -0.05) is 42.5 Å². The molecule has 1 heterocycles. The number of carbonyl (C=O) groups excluding carboxylic acids is 2. The minimum absolute atomic E-state index is 0.000731. The van der Waals surface area contributed by atoms with E-state index in [1.165, 1.54) is 21.2 Å². The molecule has 3 fully saturated rings. The summed E-state index contributed by atoms with van der Waals surface area (Å²) in [6, 6.07) is 15.1. The number of benzene rings is 2. The van der Waals surface area contributed by atoms with Gasteiger partial charge in [-0.25, -0.2) is 9.69 Å². The lowest BCUT2D eigenvalue weighted by Crippen LogP contribution is -2.42. The number of rotatable bonds is 2. The normalized spacial score (nSPS) is 30.9. The third-order valence-electron chi connectivity index (χ3n) is 6.49. The Kier molecular flexibility index (Phi) is 3.18. The number of cyclic esters (lactones) is 1. The van der Waals surface area contributed by atoms with Gasteiger partial charge in [0.15, 0.2) is 0 Å². The molecule has 0 N–H and O–H groups in total. The summed E-state index contributed by atoms with van der Waals surface area (Å²) in [4.78, 5) is 26.2. The zero-order valence-corrected chi connectivity index (χ0v) is 14.1. The zero-order valence-electron chi connectivity index (χ0n) is 14.1. The first kappa shape index (κ1) is 14.9. The highest BCUT2D eigenvalue weighted by Crippen LogP contribution is 2.61. The summed E-state index contributed by atoms with van der Waals surface area (Å²) in [5.74, 6) is 0.963. The molecule has 2 saturated carbocycles. The smallest absolute Gasteiger partial charge is 0.416 e. The van der Waals surface area contributed by atoms with E-state index in [1.807, 2.05) is 0 Å². The van der Waals surface area contributed by atoms with E-state index in [0.29, 0.717) is 25.0 Å². The Morgan fingerprint density at radius 2 is 1.96 bits per heavy atom. The molecular weight excluding hydrogens is 314 g/mol. The van der Waals surface area contributed by atoms with Crippen LogP contribution >= 0.6 is 0 Å². The maximum Gasteiger partial charge on any atom is 0.416 e. The van der Waals surface area contributed by atoms with E-state index in [9.17, 15) is 9.59 Å². The molecule has 25 heavy (non-hydrogen) atoms. The summed E-state index contributed by atoms with van der Waals surface area (Å²) in [7, 11) is 0. The van der Waals surface area contributed by atoms with Gasteiger partial charge in [0.1, 0.15) is 6.61 Å². The van der Waals surface area contributed by atoms with Crippen molar-refractivity contribution in [1.82, 2.24) is 4.90 Å². The largest absolute Gasteiger partial charge is 0.447 e. The van der Waals surface area contributed by atoms with Gasteiger partial charge in [0.05, 0.1) is 12.0 Å². The van der Waals surface area contributed by atoms with Crippen molar-refractivity contribution in [3.63, 3.8) is 0 Å². The third-order valence-corrected chi connectivity index (χ3v) is 6.49. The van der Waals surface area contributed by atoms with Crippen LogP contribution in [0, 0.1) is 11.3 Å². The van der Waals surface area contributed by atoms with Crippen LogP contribution < -0.4 is 0 Å². The minimum Gasteiger partial charge on any atom is -0.447 e. The van der Waals surface area contributed by atoms with Crippen molar-refractivity contribution in [3.8, 4) is 0 Å². The maximum absolute atomic E-state index is 13.1. The molecule has 0 radical (unpaired) electrons. The summed E-state index contributed by atoms with van der Waals surface area (Å²) >= 11 is 0. The number of ether oxygens (including phenoxy) is 1. The second-order valence-corrected chi connectivity index (χ2v) is 7.77. The van der Waals surface area contributed by atoms with Crippen LogP contribution in [-0.2, 0) is 9.53 Å². The van der Waals surface area contributed by atoms with Crippen LogP contribution in [0.5, 0.6) is 0 Å². The van der Waals surface area contributed by atoms with Gasteiger partial charge in [-0.05, 0) is 53.9 Å². The van der Waals surface area contributed by atoms with Crippen LogP contribution in [0.15, 0.2) is 42.5 Å². The number of amides is 2. The number of imide groups is 1. The van der Waals surface area contributed by atoms with Gasteiger partial charge in [0.25, 0.3) is 0 Å². The van der Waals surface area contributed by atoms with E-state index in [-0.39, 0.29) is 11.3 Å². The van der Waals surface area contributed by atoms with E-state index in [2.05, 4.69) is 42.5 Å². The predicted octanol–water partition coefficient (Wildman–Crippen LogP) is 4.09. The lowest BCUT2D eigenvalue weighted by Gasteiger charge is -2.31.